The summed E-state index contributed by atoms with van der Waals surface area (Å²) in [4.78, 5) is 16.4. The molecule has 1 fully saturated rings. The number of alkyl carbamates (subject to hydrolysis) is 1. The summed E-state index contributed by atoms with van der Waals surface area (Å²) in [5.41, 5.74) is 1.91. The Balaban J connectivity index is 1.56. The number of pyridine rings is 1. The van der Waals surface area contributed by atoms with Crippen LogP contribution in [0, 0.1) is 17.2 Å². The molecule has 30 heavy (non-hydrogen) atoms. The van der Waals surface area contributed by atoms with Gasteiger partial charge >= 0.3 is 6.09 Å². The maximum Gasteiger partial charge on any atom is 0.407 e. The third-order valence-corrected chi connectivity index (χ3v) is 4.65. The Hall–Kier alpha value is -3.11. The number of nitriles is 1. The van der Waals surface area contributed by atoms with Gasteiger partial charge in [-0.3, -0.25) is 4.98 Å². The van der Waals surface area contributed by atoms with Gasteiger partial charge in [0, 0.05) is 23.7 Å². The average molecular weight is 409 g/mol. The van der Waals surface area contributed by atoms with E-state index in [1.807, 2.05) is 51.1 Å². The number of hydrogen-bond donors (Lipinski definition) is 1. The first-order valence-electron chi connectivity index (χ1n) is 10.00. The SMILES string of the molecule is CC(C)(C)NC(=O)O[C@H]1CCOC[C@@H]1COc1ccc(-c2ccc(C#N)cn2)cc1. The van der Waals surface area contributed by atoms with Gasteiger partial charge < -0.3 is 19.5 Å². The number of benzene rings is 1. The first-order chi connectivity index (χ1) is 14.3. The Morgan fingerprint density at radius 2 is 2.03 bits per heavy atom. The minimum absolute atomic E-state index is 0.0377. The fourth-order valence-corrected chi connectivity index (χ4v) is 3.12. The highest BCUT2D eigenvalue weighted by atomic mass is 16.6. The molecule has 0 radical (unpaired) electrons. The lowest BCUT2D eigenvalue weighted by molar-refractivity contribution is -0.0569. The van der Waals surface area contributed by atoms with E-state index < -0.39 is 6.09 Å². The Labute approximate surface area is 177 Å². The zero-order valence-corrected chi connectivity index (χ0v) is 17.6. The van der Waals surface area contributed by atoms with E-state index in [1.54, 1.807) is 12.3 Å². The van der Waals surface area contributed by atoms with Gasteiger partial charge in [-0.2, -0.15) is 5.26 Å². The molecule has 2 atom stereocenters. The first kappa shape index (κ1) is 21.6. The molecule has 0 spiro atoms. The second-order valence-electron chi connectivity index (χ2n) is 8.32. The summed E-state index contributed by atoms with van der Waals surface area (Å²) in [6, 6.07) is 13.2. The number of aromatic nitrogens is 1. The molecule has 1 aromatic heterocycles. The minimum Gasteiger partial charge on any atom is -0.493 e. The van der Waals surface area contributed by atoms with Gasteiger partial charge in [0.25, 0.3) is 0 Å². The summed E-state index contributed by atoms with van der Waals surface area (Å²) >= 11 is 0. The van der Waals surface area contributed by atoms with Crippen molar-refractivity contribution in [1.82, 2.24) is 10.3 Å². The van der Waals surface area contributed by atoms with E-state index in [1.165, 1.54) is 0 Å². The zero-order chi connectivity index (χ0) is 21.6. The van der Waals surface area contributed by atoms with Gasteiger partial charge in [0.15, 0.2) is 0 Å². The van der Waals surface area contributed by atoms with Gasteiger partial charge in [-0.25, -0.2) is 4.79 Å². The molecule has 3 rings (SSSR count). The van der Waals surface area contributed by atoms with Crippen LogP contribution in [-0.2, 0) is 9.47 Å². The highest BCUT2D eigenvalue weighted by Crippen LogP contribution is 2.24. The molecule has 7 heteroatoms. The maximum absolute atomic E-state index is 12.1. The quantitative estimate of drug-likeness (QED) is 0.804. The Morgan fingerprint density at radius 1 is 1.27 bits per heavy atom. The molecule has 2 heterocycles. The van der Waals surface area contributed by atoms with E-state index in [4.69, 9.17) is 19.5 Å². The van der Waals surface area contributed by atoms with E-state index in [0.29, 0.717) is 31.8 Å². The van der Waals surface area contributed by atoms with E-state index in [2.05, 4.69) is 16.4 Å². The molecule has 158 valence electrons. The van der Waals surface area contributed by atoms with Crippen molar-refractivity contribution in [1.29, 1.82) is 5.26 Å². The first-order valence-corrected chi connectivity index (χ1v) is 10.00. The number of rotatable bonds is 5. The number of carbonyl (C=O) groups excluding carboxylic acids is 1. The molecule has 1 N–H and O–H groups in total. The second kappa shape index (κ2) is 9.59. The predicted octanol–water partition coefficient (Wildman–Crippen LogP) is 3.93. The van der Waals surface area contributed by atoms with Crippen LogP contribution in [0.1, 0.15) is 32.8 Å². The molecule has 1 aromatic carbocycles. The number of hydrogen-bond acceptors (Lipinski definition) is 6. The fourth-order valence-electron chi connectivity index (χ4n) is 3.12. The molecule has 1 saturated heterocycles. The van der Waals surface area contributed by atoms with Crippen molar-refractivity contribution in [3.05, 3.63) is 48.2 Å². The summed E-state index contributed by atoms with van der Waals surface area (Å²) in [5.74, 6) is 0.681. The molecule has 1 amide bonds. The highest BCUT2D eigenvalue weighted by molar-refractivity contribution is 5.68. The number of ether oxygens (including phenoxy) is 3. The highest BCUT2D eigenvalue weighted by Gasteiger charge is 2.30. The van der Waals surface area contributed by atoms with Crippen LogP contribution in [0.15, 0.2) is 42.6 Å². The van der Waals surface area contributed by atoms with Crippen molar-refractivity contribution in [2.45, 2.75) is 38.8 Å². The largest absolute Gasteiger partial charge is 0.493 e. The van der Waals surface area contributed by atoms with Crippen LogP contribution in [0.25, 0.3) is 11.3 Å². The standard InChI is InChI=1S/C23H27N3O4/c1-23(2,3)26-22(27)30-21-10-11-28-14-18(21)15-29-19-7-5-17(6-8-19)20-9-4-16(12-24)13-25-20/h4-9,13,18,21H,10-11,14-15H2,1-3H3,(H,26,27)/t18-,21+/m1/s1. The number of amides is 1. The van der Waals surface area contributed by atoms with Gasteiger partial charge in [-0.1, -0.05) is 0 Å². The molecule has 7 nitrogen and oxygen atoms in total. The number of nitrogens with one attached hydrogen (secondary N) is 1. The topological polar surface area (TPSA) is 93.5 Å². The molecular formula is C23H27N3O4. The van der Waals surface area contributed by atoms with E-state index in [-0.39, 0.29) is 17.6 Å². The van der Waals surface area contributed by atoms with Gasteiger partial charge in [-0.05, 0) is 57.2 Å². The van der Waals surface area contributed by atoms with Crippen LogP contribution in [-0.4, -0.2) is 42.5 Å². The number of carbonyl (C=O) groups is 1. The number of nitrogens with zero attached hydrogens (tertiary/aromatic N) is 2. The molecule has 0 aliphatic carbocycles. The van der Waals surface area contributed by atoms with Crippen molar-refractivity contribution in [3.8, 4) is 23.1 Å². The third kappa shape index (κ3) is 6.19. The van der Waals surface area contributed by atoms with Crippen LogP contribution in [0.2, 0.25) is 0 Å². The predicted molar refractivity (Wildman–Crippen MR) is 112 cm³/mol. The molecule has 2 aromatic rings. The van der Waals surface area contributed by atoms with E-state index in [0.717, 1.165) is 17.0 Å². The normalized spacial score (nSPS) is 18.9. The van der Waals surface area contributed by atoms with Crippen LogP contribution in [0.3, 0.4) is 0 Å². The maximum atomic E-state index is 12.1. The van der Waals surface area contributed by atoms with Crippen LogP contribution in [0.4, 0.5) is 4.79 Å². The molecule has 0 saturated carbocycles. The monoisotopic (exact) mass is 409 g/mol. The summed E-state index contributed by atoms with van der Waals surface area (Å²) in [6.45, 7) is 7.18. The molecule has 1 aliphatic rings. The van der Waals surface area contributed by atoms with Crippen molar-refractivity contribution >= 4 is 6.09 Å². The molecule has 0 bridgehead atoms. The summed E-state index contributed by atoms with van der Waals surface area (Å²) in [5, 5.41) is 11.7. The fraction of sp³-hybridized carbons (Fsp3) is 0.435. The van der Waals surface area contributed by atoms with Crippen LogP contribution < -0.4 is 10.1 Å². The summed E-state index contributed by atoms with van der Waals surface area (Å²) in [6.07, 6.45) is 1.54. The second-order valence-corrected chi connectivity index (χ2v) is 8.32. The lowest BCUT2D eigenvalue weighted by Gasteiger charge is -2.32. The van der Waals surface area contributed by atoms with Crippen molar-refractivity contribution in [3.63, 3.8) is 0 Å². The molecule has 0 unspecified atom stereocenters. The minimum atomic E-state index is -0.418. The smallest absolute Gasteiger partial charge is 0.407 e. The van der Waals surface area contributed by atoms with Crippen LogP contribution >= 0.6 is 0 Å². The Morgan fingerprint density at radius 3 is 2.67 bits per heavy atom. The van der Waals surface area contributed by atoms with Crippen molar-refractivity contribution < 1.29 is 19.0 Å². The van der Waals surface area contributed by atoms with E-state index >= 15 is 0 Å². The van der Waals surface area contributed by atoms with Gasteiger partial charge in [0.2, 0.25) is 0 Å². The molecule has 1 aliphatic heterocycles. The summed E-state index contributed by atoms with van der Waals surface area (Å²) < 4.78 is 17.1. The Kier molecular flexibility index (Phi) is 6.91. The van der Waals surface area contributed by atoms with Gasteiger partial charge in [0.05, 0.1) is 37.0 Å². The van der Waals surface area contributed by atoms with Crippen molar-refractivity contribution in [2.75, 3.05) is 19.8 Å². The lowest BCUT2D eigenvalue weighted by Crippen LogP contribution is -2.46. The lowest BCUT2D eigenvalue weighted by atomic mass is 9.99. The average Bonchev–Trinajstić information content (AvgIpc) is 2.72. The summed E-state index contributed by atoms with van der Waals surface area (Å²) in [7, 11) is 0. The zero-order valence-electron chi connectivity index (χ0n) is 17.6. The van der Waals surface area contributed by atoms with Gasteiger partial charge in [-0.15, -0.1) is 0 Å². The Bertz CT molecular complexity index is 883. The third-order valence-electron chi connectivity index (χ3n) is 4.65. The molecular weight excluding hydrogens is 382 g/mol. The van der Waals surface area contributed by atoms with Crippen molar-refractivity contribution in [2.24, 2.45) is 5.92 Å². The van der Waals surface area contributed by atoms with E-state index in [9.17, 15) is 4.79 Å². The van der Waals surface area contributed by atoms with Gasteiger partial charge in [0.1, 0.15) is 17.9 Å². The van der Waals surface area contributed by atoms with Crippen LogP contribution in [0.5, 0.6) is 5.75 Å².